The number of halogens is 1. The summed E-state index contributed by atoms with van der Waals surface area (Å²) in [4.78, 5) is 0.945. The van der Waals surface area contributed by atoms with Crippen LogP contribution in [0.25, 0.3) is 0 Å². The van der Waals surface area contributed by atoms with Crippen molar-refractivity contribution in [3.05, 3.63) is 21.3 Å². The Morgan fingerprint density at radius 3 is 2.69 bits per heavy atom. The van der Waals surface area contributed by atoms with Crippen LogP contribution in [0.4, 0.5) is 0 Å². The van der Waals surface area contributed by atoms with E-state index in [4.69, 9.17) is 11.6 Å². The maximum atomic E-state index is 11.8. The Hall–Kier alpha value is -0.140. The molecule has 1 rings (SSSR count). The molecular formula is C9H15ClN2O2S2. The fourth-order valence-electron chi connectivity index (χ4n) is 1.14. The van der Waals surface area contributed by atoms with Crippen molar-refractivity contribution in [3.63, 3.8) is 0 Å². The van der Waals surface area contributed by atoms with Crippen LogP contribution >= 0.6 is 22.9 Å². The third-order valence-corrected chi connectivity index (χ3v) is 5.11. The van der Waals surface area contributed by atoms with Crippen molar-refractivity contribution >= 4 is 33.0 Å². The van der Waals surface area contributed by atoms with Gasteiger partial charge in [-0.3, -0.25) is 0 Å². The fourth-order valence-corrected chi connectivity index (χ4v) is 3.47. The molecule has 0 amide bonds. The molecule has 1 heterocycles. The molecule has 1 aromatic rings. The van der Waals surface area contributed by atoms with Crippen molar-refractivity contribution in [2.75, 3.05) is 26.4 Å². The van der Waals surface area contributed by atoms with Gasteiger partial charge in [0.15, 0.2) is 0 Å². The lowest BCUT2D eigenvalue weighted by Gasteiger charge is -2.15. The normalized spacial score (nSPS) is 12.2. The smallest absolute Gasteiger partial charge is 0.215 e. The average molecular weight is 283 g/mol. The van der Waals surface area contributed by atoms with Crippen LogP contribution in [0.2, 0.25) is 4.34 Å². The van der Waals surface area contributed by atoms with Gasteiger partial charge < -0.3 is 5.32 Å². The lowest BCUT2D eigenvalue weighted by Crippen LogP contribution is -2.32. The van der Waals surface area contributed by atoms with Crippen molar-refractivity contribution in [3.8, 4) is 0 Å². The molecule has 1 aromatic heterocycles. The number of rotatable bonds is 6. The summed E-state index contributed by atoms with van der Waals surface area (Å²) in [5, 5.41) is 2.82. The number of hydrogen-bond acceptors (Lipinski definition) is 4. The number of nitrogens with zero attached hydrogens (tertiary/aromatic N) is 1. The maximum Gasteiger partial charge on any atom is 0.215 e. The second kappa shape index (κ2) is 5.97. The second-order valence-electron chi connectivity index (χ2n) is 3.38. The zero-order valence-electron chi connectivity index (χ0n) is 9.23. The molecule has 4 nitrogen and oxygen atoms in total. The van der Waals surface area contributed by atoms with E-state index in [9.17, 15) is 8.42 Å². The molecule has 1 N–H and O–H groups in total. The SMILES string of the molecule is CNCCS(=O)(=O)N(C)Cc1ccc(Cl)s1. The van der Waals surface area contributed by atoms with E-state index >= 15 is 0 Å². The Labute approximate surface area is 105 Å². The minimum atomic E-state index is -3.18. The van der Waals surface area contributed by atoms with E-state index in [1.807, 2.05) is 6.07 Å². The summed E-state index contributed by atoms with van der Waals surface area (Å²) in [5.74, 6) is 0.110. The van der Waals surface area contributed by atoms with Gasteiger partial charge in [0.1, 0.15) is 0 Å². The predicted octanol–water partition coefficient (Wildman–Crippen LogP) is 1.38. The molecule has 0 atom stereocenters. The molecule has 0 unspecified atom stereocenters. The predicted molar refractivity (Wildman–Crippen MR) is 68.5 cm³/mol. The maximum absolute atomic E-state index is 11.8. The molecule has 0 aliphatic carbocycles. The Balaban J connectivity index is 2.61. The van der Waals surface area contributed by atoms with Gasteiger partial charge in [0.25, 0.3) is 0 Å². The Morgan fingerprint density at radius 2 is 2.19 bits per heavy atom. The van der Waals surface area contributed by atoms with Gasteiger partial charge in [-0.1, -0.05) is 11.6 Å². The van der Waals surface area contributed by atoms with Gasteiger partial charge in [0.2, 0.25) is 10.0 Å². The summed E-state index contributed by atoms with van der Waals surface area (Å²) in [5.41, 5.74) is 0. The van der Waals surface area contributed by atoms with Crippen molar-refractivity contribution in [1.29, 1.82) is 0 Å². The Morgan fingerprint density at radius 1 is 1.50 bits per heavy atom. The molecular weight excluding hydrogens is 268 g/mol. The van der Waals surface area contributed by atoms with Gasteiger partial charge in [-0.25, -0.2) is 8.42 Å². The second-order valence-corrected chi connectivity index (χ2v) is 7.38. The highest BCUT2D eigenvalue weighted by Gasteiger charge is 2.17. The van der Waals surface area contributed by atoms with Crippen molar-refractivity contribution in [1.82, 2.24) is 9.62 Å². The van der Waals surface area contributed by atoms with Gasteiger partial charge in [-0.2, -0.15) is 4.31 Å². The minimum Gasteiger partial charge on any atom is -0.319 e. The van der Waals surface area contributed by atoms with E-state index in [-0.39, 0.29) is 5.75 Å². The summed E-state index contributed by atoms with van der Waals surface area (Å²) in [6, 6.07) is 3.62. The van der Waals surface area contributed by atoms with Crippen LogP contribution in [0.3, 0.4) is 0 Å². The third-order valence-electron chi connectivity index (χ3n) is 2.09. The molecule has 0 saturated heterocycles. The number of thiophene rings is 1. The van der Waals surface area contributed by atoms with Crippen LogP contribution in [-0.4, -0.2) is 39.1 Å². The van der Waals surface area contributed by atoms with Gasteiger partial charge in [-0.05, 0) is 19.2 Å². The molecule has 16 heavy (non-hydrogen) atoms. The van der Waals surface area contributed by atoms with Crippen LogP contribution in [0.1, 0.15) is 4.88 Å². The molecule has 0 saturated carbocycles. The monoisotopic (exact) mass is 282 g/mol. The lowest BCUT2D eigenvalue weighted by atomic mass is 10.5. The van der Waals surface area contributed by atoms with Crippen molar-refractivity contribution in [2.24, 2.45) is 0 Å². The van der Waals surface area contributed by atoms with Crippen LogP contribution in [-0.2, 0) is 16.6 Å². The average Bonchev–Trinajstić information content (AvgIpc) is 2.61. The van der Waals surface area contributed by atoms with Gasteiger partial charge in [-0.15, -0.1) is 11.3 Å². The summed E-state index contributed by atoms with van der Waals surface area (Å²) in [7, 11) is 0.136. The first-order valence-electron chi connectivity index (χ1n) is 4.78. The molecule has 0 bridgehead atoms. The number of hydrogen-bond donors (Lipinski definition) is 1. The first-order chi connectivity index (χ1) is 7.45. The van der Waals surface area contributed by atoms with E-state index < -0.39 is 10.0 Å². The van der Waals surface area contributed by atoms with E-state index in [1.54, 1.807) is 20.2 Å². The Bertz CT molecular complexity index is 430. The standard InChI is InChI=1S/C9H15ClN2O2S2/c1-11-5-6-16(13,14)12(2)7-8-3-4-9(10)15-8/h3-4,11H,5-7H2,1-2H3. The lowest BCUT2D eigenvalue weighted by molar-refractivity contribution is 0.468. The third kappa shape index (κ3) is 4.03. The van der Waals surface area contributed by atoms with Gasteiger partial charge in [0.05, 0.1) is 10.1 Å². The van der Waals surface area contributed by atoms with E-state index in [2.05, 4.69) is 5.32 Å². The van der Waals surface area contributed by atoms with E-state index in [0.29, 0.717) is 17.4 Å². The van der Waals surface area contributed by atoms with E-state index in [0.717, 1.165) is 4.88 Å². The highest BCUT2D eigenvalue weighted by molar-refractivity contribution is 7.89. The highest BCUT2D eigenvalue weighted by Crippen LogP contribution is 2.22. The summed E-state index contributed by atoms with van der Waals surface area (Å²) >= 11 is 7.18. The summed E-state index contributed by atoms with van der Waals surface area (Å²) in [6.07, 6.45) is 0. The van der Waals surface area contributed by atoms with Gasteiger partial charge in [0, 0.05) is 25.0 Å². The first kappa shape index (κ1) is 13.9. The molecule has 0 spiro atoms. The molecule has 0 radical (unpaired) electrons. The molecule has 7 heteroatoms. The number of nitrogens with one attached hydrogen (secondary N) is 1. The van der Waals surface area contributed by atoms with Gasteiger partial charge >= 0.3 is 0 Å². The van der Waals surface area contributed by atoms with Crippen LogP contribution in [0.15, 0.2) is 12.1 Å². The molecule has 92 valence electrons. The number of sulfonamides is 1. The van der Waals surface area contributed by atoms with E-state index in [1.165, 1.54) is 15.6 Å². The Kier molecular flexibility index (Phi) is 5.20. The topological polar surface area (TPSA) is 49.4 Å². The summed E-state index contributed by atoms with van der Waals surface area (Å²) < 4.78 is 25.5. The summed E-state index contributed by atoms with van der Waals surface area (Å²) in [6.45, 7) is 0.835. The van der Waals surface area contributed by atoms with Crippen LogP contribution in [0, 0.1) is 0 Å². The first-order valence-corrected chi connectivity index (χ1v) is 7.59. The zero-order valence-corrected chi connectivity index (χ0v) is 11.6. The van der Waals surface area contributed by atoms with Crippen LogP contribution in [0.5, 0.6) is 0 Å². The molecule has 0 aliphatic heterocycles. The largest absolute Gasteiger partial charge is 0.319 e. The van der Waals surface area contributed by atoms with Crippen molar-refractivity contribution in [2.45, 2.75) is 6.54 Å². The highest BCUT2D eigenvalue weighted by atomic mass is 35.5. The zero-order chi connectivity index (χ0) is 12.2. The fraction of sp³-hybridized carbons (Fsp3) is 0.556. The molecule has 0 fully saturated rings. The minimum absolute atomic E-state index is 0.110. The molecule has 0 aliphatic rings. The quantitative estimate of drug-likeness (QED) is 0.858. The van der Waals surface area contributed by atoms with Crippen molar-refractivity contribution < 1.29 is 8.42 Å². The molecule has 0 aromatic carbocycles. The van der Waals surface area contributed by atoms with Crippen LogP contribution < -0.4 is 5.32 Å².